The van der Waals surface area contributed by atoms with Crippen molar-refractivity contribution in [3.8, 4) is 0 Å². The topological polar surface area (TPSA) is 66.8 Å². The van der Waals surface area contributed by atoms with Crippen molar-refractivity contribution >= 4 is 11.9 Å². The fourth-order valence-electron chi connectivity index (χ4n) is 3.06. The zero-order chi connectivity index (χ0) is 16.4. The van der Waals surface area contributed by atoms with Gasteiger partial charge in [0.25, 0.3) is 0 Å². The summed E-state index contributed by atoms with van der Waals surface area (Å²) in [7, 11) is 0. The fourth-order valence-corrected chi connectivity index (χ4v) is 3.06. The molecule has 1 unspecified atom stereocenters. The van der Waals surface area contributed by atoms with E-state index in [-0.39, 0.29) is 24.8 Å². The third-order valence-electron chi connectivity index (χ3n) is 4.22. The minimum Gasteiger partial charge on any atom is -0.466 e. The Bertz CT molecular complexity index is 338. The van der Waals surface area contributed by atoms with Crippen molar-refractivity contribution < 1.29 is 19.4 Å². The molecule has 128 valence electrons. The molecule has 0 spiro atoms. The van der Waals surface area contributed by atoms with Crippen LogP contribution in [0.5, 0.6) is 0 Å². The quantitative estimate of drug-likeness (QED) is 0.664. The van der Waals surface area contributed by atoms with Gasteiger partial charge in [-0.3, -0.25) is 9.59 Å². The zero-order valence-electron chi connectivity index (χ0n) is 14.1. The van der Waals surface area contributed by atoms with Gasteiger partial charge in [0.1, 0.15) is 0 Å². The Morgan fingerprint density at radius 1 is 1.23 bits per heavy atom. The van der Waals surface area contributed by atoms with Gasteiger partial charge in [0.2, 0.25) is 5.91 Å². The first kappa shape index (κ1) is 18.9. The van der Waals surface area contributed by atoms with Crippen molar-refractivity contribution in [1.29, 1.82) is 0 Å². The monoisotopic (exact) mass is 313 g/mol. The van der Waals surface area contributed by atoms with Crippen LogP contribution in [0, 0.1) is 5.92 Å². The highest BCUT2D eigenvalue weighted by Crippen LogP contribution is 2.27. The number of esters is 1. The van der Waals surface area contributed by atoms with Crippen LogP contribution in [0.2, 0.25) is 0 Å². The molecule has 1 N–H and O–H groups in total. The predicted octanol–water partition coefficient (Wildman–Crippen LogP) is 2.51. The lowest BCUT2D eigenvalue weighted by molar-refractivity contribution is -0.144. The van der Waals surface area contributed by atoms with Crippen LogP contribution < -0.4 is 0 Å². The maximum atomic E-state index is 12.4. The Morgan fingerprint density at radius 3 is 2.50 bits per heavy atom. The highest BCUT2D eigenvalue weighted by Gasteiger charge is 2.20. The number of rotatable bonds is 9. The molecule has 1 saturated carbocycles. The van der Waals surface area contributed by atoms with Gasteiger partial charge >= 0.3 is 5.97 Å². The maximum Gasteiger partial charge on any atom is 0.307 e. The molecule has 1 aliphatic rings. The van der Waals surface area contributed by atoms with Crippen molar-refractivity contribution in [2.75, 3.05) is 19.7 Å². The number of nitrogens with zero attached hydrogens (tertiary/aromatic N) is 1. The van der Waals surface area contributed by atoms with Crippen molar-refractivity contribution in [3.63, 3.8) is 0 Å². The molecular weight excluding hydrogens is 282 g/mol. The maximum absolute atomic E-state index is 12.4. The summed E-state index contributed by atoms with van der Waals surface area (Å²) < 4.78 is 4.89. The standard InChI is InChI=1S/C17H31NO4/c1-3-22-17(21)11-12-18(13-14(2)19)16(20)10-9-15-7-5-4-6-8-15/h14-15,19H,3-13H2,1-2H3. The van der Waals surface area contributed by atoms with E-state index in [4.69, 9.17) is 4.74 Å². The molecule has 1 aliphatic carbocycles. The molecule has 0 heterocycles. The summed E-state index contributed by atoms with van der Waals surface area (Å²) in [6, 6.07) is 0. The molecule has 22 heavy (non-hydrogen) atoms. The molecule has 5 heteroatoms. The normalized spacial score (nSPS) is 17.0. The second-order valence-electron chi connectivity index (χ2n) is 6.29. The first-order valence-electron chi connectivity index (χ1n) is 8.64. The largest absolute Gasteiger partial charge is 0.466 e. The third-order valence-corrected chi connectivity index (χ3v) is 4.22. The predicted molar refractivity (Wildman–Crippen MR) is 85.3 cm³/mol. The number of aliphatic hydroxyl groups excluding tert-OH is 1. The lowest BCUT2D eigenvalue weighted by Gasteiger charge is -2.26. The Labute approximate surface area is 134 Å². The average molecular weight is 313 g/mol. The first-order chi connectivity index (χ1) is 10.5. The molecule has 0 radical (unpaired) electrons. The second-order valence-corrected chi connectivity index (χ2v) is 6.29. The number of hydrogen-bond donors (Lipinski definition) is 1. The Balaban J connectivity index is 2.39. The van der Waals surface area contributed by atoms with E-state index in [2.05, 4.69) is 0 Å². The molecule has 0 saturated heterocycles. The average Bonchev–Trinajstić information content (AvgIpc) is 2.50. The number of ether oxygens (including phenoxy) is 1. The minimum absolute atomic E-state index is 0.0378. The first-order valence-corrected chi connectivity index (χ1v) is 8.64. The van der Waals surface area contributed by atoms with Crippen molar-refractivity contribution in [1.82, 2.24) is 4.90 Å². The van der Waals surface area contributed by atoms with Gasteiger partial charge in [-0.05, 0) is 26.2 Å². The Hall–Kier alpha value is -1.10. The Kier molecular flexibility index (Phi) is 9.13. The van der Waals surface area contributed by atoms with Crippen molar-refractivity contribution in [3.05, 3.63) is 0 Å². The van der Waals surface area contributed by atoms with Crippen LogP contribution in [0.25, 0.3) is 0 Å². The van der Waals surface area contributed by atoms with Crippen LogP contribution in [-0.4, -0.2) is 47.7 Å². The molecule has 1 rings (SSSR count). The van der Waals surface area contributed by atoms with E-state index in [9.17, 15) is 14.7 Å². The third kappa shape index (κ3) is 7.78. The van der Waals surface area contributed by atoms with E-state index in [0.717, 1.165) is 6.42 Å². The summed E-state index contributed by atoms with van der Waals surface area (Å²) in [5.41, 5.74) is 0. The van der Waals surface area contributed by atoms with Crippen LogP contribution in [0.15, 0.2) is 0 Å². The van der Waals surface area contributed by atoms with Gasteiger partial charge in [-0.1, -0.05) is 32.1 Å². The minimum atomic E-state index is -0.583. The Morgan fingerprint density at radius 2 is 1.91 bits per heavy atom. The van der Waals surface area contributed by atoms with Gasteiger partial charge in [0, 0.05) is 19.5 Å². The van der Waals surface area contributed by atoms with Gasteiger partial charge in [0.05, 0.1) is 19.1 Å². The molecule has 5 nitrogen and oxygen atoms in total. The summed E-state index contributed by atoms with van der Waals surface area (Å²) in [5, 5.41) is 9.55. The van der Waals surface area contributed by atoms with Gasteiger partial charge in [0.15, 0.2) is 0 Å². The summed E-state index contributed by atoms with van der Waals surface area (Å²) in [4.78, 5) is 25.4. The molecule has 0 aliphatic heterocycles. The highest BCUT2D eigenvalue weighted by molar-refractivity contribution is 5.77. The van der Waals surface area contributed by atoms with Gasteiger partial charge < -0.3 is 14.7 Å². The molecule has 1 fully saturated rings. The molecule has 1 atom stereocenters. The number of amides is 1. The molecule has 0 aromatic heterocycles. The summed E-state index contributed by atoms with van der Waals surface area (Å²) >= 11 is 0. The summed E-state index contributed by atoms with van der Waals surface area (Å²) in [5.74, 6) is 0.408. The lowest BCUT2D eigenvalue weighted by Crippen LogP contribution is -2.38. The molecule has 0 aromatic rings. The van der Waals surface area contributed by atoms with E-state index < -0.39 is 6.10 Å². The van der Waals surface area contributed by atoms with Crippen molar-refractivity contribution in [2.24, 2.45) is 5.92 Å². The summed E-state index contributed by atoms with van der Waals surface area (Å²) in [6.45, 7) is 4.38. The number of hydrogen-bond acceptors (Lipinski definition) is 4. The highest BCUT2D eigenvalue weighted by atomic mass is 16.5. The van der Waals surface area contributed by atoms with Gasteiger partial charge in [-0.2, -0.15) is 0 Å². The van der Waals surface area contributed by atoms with Gasteiger partial charge in [-0.25, -0.2) is 0 Å². The second kappa shape index (κ2) is 10.6. The number of carbonyl (C=O) groups excluding carboxylic acids is 2. The van der Waals surface area contributed by atoms with E-state index in [1.165, 1.54) is 32.1 Å². The van der Waals surface area contributed by atoms with Gasteiger partial charge in [-0.15, -0.1) is 0 Å². The number of aliphatic hydroxyl groups is 1. The molecule has 1 amide bonds. The number of carbonyl (C=O) groups is 2. The van der Waals surface area contributed by atoms with Crippen LogP contribution in [0.4, 0.5) is 0 Å². The van der Waals surface area contributed by atoms with Crippen LogP contribution in [-0.2, 0) is 14.3 Å². The van der Waals surface area contributed by atoms with E-state index in [1.54, 1.807) is 18.7 Å². The van der Waals surface area contributed by atoms with Crippen LogP contribution in [0.1, 0.15) is 65.2 Å². The molecule has 0 bridgehead atoms. The molecule has 0 aromatic carbocycles. The van der Waals surface area contributed by atoms with E-state index >= 15 is 0 Å². The summed E-state index contributed by atoms with van der Waals surface area (Å²) in [6.07, 6.45) is 7.38. The van der Waals surface area contributed by atoms with Crippen molar-refractivity contribution in [2.45, 2.75) is 71.3 Å². The zero-order valence-corrected chi connectivity index (χ0v) is 14.1. The van der Waals surface area contributed by atoms with E-state index in [1.807, 2.05) is 0 Å². The smallest absolute Gasteiger partial charge is 0.307 e. The SMILES string of the molecule is CCOC(=O)CCN(CC(C)O)C(=O)CCC1CCCCC1. The van der Waals surface area contributed by atoms with Crippen LogP contribution >= 0.6 is 0 Å². The van der Waals surface area contributed by atoms with E-state index in [0.29, 0.717) is 25.5 Å². The lowest BCUT2D eigenvalue weighted by atomic mass is 9.86. The van der Waals surface area contributed by atoms with Crippen LogP contribution in [0.3, 0.4) is 0 Å². The molecular formula is C17H31NO4. The fraction of sp³-hybridized carbons (Fsp3) is 0.882.